The zero-order valence-electron chi connectivity index (χ0n) is 42.9. The van der Waals surface area contributed by atoms with Gasteiger partial charge in [0.2, 0.25) is 0 Å². The Labute approximate surface area is 428 Å². The van der Waals surface area contributed by atoms with E-state index in [-0.39, 0.29) is 12.8 Å². The second-order valence-corrected chi connectivity index (χ2v) is 24.4. The molecule has 428 valence electrons. The number of hydrogen-bond acceptors (Lipinski definition) is 15. The minimum Gasteiger partial charge on any atom is -0.462 e. The lowest BCUT2D eigenvalue weighted by molar-refractivity contribution is -0.222. The molecule has 1 saturated carbocycles. The van der Waals surface area contributed by atoms with Crippen LogP contribution in [0.5, 0.6) is 0 Å². The summed E-state index contributed by atoms with van der Waals surface area (Å²) in [7, 11) is -22.2. The molecule has 0 aliphatic heterocycles. The maximum absolute atomic E-state index is 13.3. The number of phosphoric ester groups is 3. The van der Waals surface area contributed by atoms with Crippen LogP contribution in [0.4, 0.5) is 0 Å². The standard InChI is InChI=1S/C46H92O22P4/c1-3-5-7-9-11-13-15-17-19-21-23-25-27-29-31-33-39(47)62-35-38(65-40(48)34-32-30-28-26-24-22-20-18-16-14-12-10-8-6-4-2)36-64-72(60,61)68-43-41(49)44(63-37-69(51,52)53)46(67-71(57,58)59)45(42(43)50)66-70(54,55)56/h38,41-46,49-50H,3-37H2,1-2H3,(H,60,61)(H2,51,52,53)(H2,54,55,56)(H2,57,58,59)/t38-,41+,42+,43-,44+,45-,46+/m1/s1. The number of aliphatic hydroxyl groups excluding tert-OH is 2. The molecule has 0 spiro atoms. The van der Waals surface area contributed by atoms with E-state index in [1.54, 1.807) is 0 Å². The Morgan fingerprint density at radius 1 is 0.431 bits per heavy atom. The monoisotopic (exact) mass is 1120 g/mol. The number of esters is 2. The molecule has 1 rings (SSSR count). The molecule has 1 aliphatic rings. The summed E-state index contributed by atoms with van der Waals surface area (Å²) in [5, 5.41) is 22.1. The topological polar surface area (TPSA) is 349 Å². The zero-order valence-corrected chi connectivity index (χ0v) is 46.5. The predicted octanol–water partition coefficient (Wildman–Crippen LogP) is 9.68. The molecule has 26 heteroatoms. The van der Waals surface area contributed by atoms with Gasteiger partial charge >= 0.3 is 43.0 Å². The molecule has 0 saturated heterocycles. The number of carbonyl (C=O) groups excluding carboxylic acids is 2. The summed E-state index contributed by atoms with van der Waals surface area (Å²) in [4.78, 5) is 93.1. The quantitative estimate of drug-likeness (QED) is 0.0155. The Bertz CT molecular complexity index is 1610. The van der Waals surface area contributed by atoms with Gasteiger partial charge in [-0.2, -0.15) is 0 Å². The zero-order chi connectivity index (χ0) is 53.9. The van der Waals surface area contributed by atoms with Gasteiger partial charge in [-0.3, -0.25) is 32.2 Å². The molecule has 8 atom stereocenters. The van der Waals surface area contributed by atoms with Crippen LogP contribution in [-0.2, 0) is 60.2 Å². The largest absolute Gasteiger partial charge is 0.472 e. The van der Waals surface area contributed by atoms with Gasteiger partial charge in [-0.15, -0.1) is 0 Å². The normalized spacial score (nSPS) is 21.1. The molecule has 1 unspecified atom stereocenters. The molecule has 0 heterocycles. The molecule has 0 aromatic carbocycles. The lowest BCUT2D eigenvalue weighted by Gasteiger charge is -2.46. The molecule has 0 radical (unpaired) electrons. The van der Waals surface area contributed by atoms with Crippen molar-refractivity contribution in [2.75, 3.05) is 19.6 Å². The molecule has 0 bridgehead atoms. The molecule has 0 aromatic heterocycles. The summed E-state index contributed by atoms with van der Waals surface area (Å²) in [5.41, 5.74) is 0. The van der Waals surface area contributed by atoms with Gasteiger partial charge in [0.05, 0.1) is 6.61 Å². The van der Waals surface area contributed by atoms with E-state index in [4.69, 9.17) is 23.3 Å². The van der Waals surface area contributed by atoms with Crippen LogP contribution in [-0.4, -0.2) is 119 Å². The first-order chi connectivity index (χ1) is 34.0. The summed E-state index contributed by atoms with van der Waals surface area (Å²) in [5.74, 6) is -1.36. The molecular formula is C46H92O22P4. The van der Waals surface area contributed by atoms with Crippen molar-refractivity contribution in [3.63, 3.8) is 0 Å². The maximum Gasteiger partial charge on any atom is 0.472 e. The Hall–Kier alpha value is -0.700. The SMILES string of the molecule is CCCCCCCCCCCCCCCCCC(=O)OC[C@H](COP(=O)(O)O[C@H]1[C@H](O)[C@@H](OP(=O)(O)O)[C@@H](OP(=O)(O)O)[C@@H](OCP(=O)(O)O)[C@H]1O)OC(=O)CCCCCCCCCCCCCCCCC. The van der Waals surface area contributed by atoms with E-state index in [9.17, 15) is 72.3 Å². The van der Waals surface area contributed by atoms with Crippen LogP contribution >= 0.6 is 31.1 Å². The van der Waals surface area contributed by atoms with Crippen molar-refractivity contribution in [2.24, 2.45) is 0 Å². The van der Waals surface area contributed by atoms with Gasteiger partial charge in [-0.05, 0) is 12.8 Å². The summed E-state index contributed by atoms with van der Waals surface area (Å²) in [6.07, 6.45) is 15.2. The minimum atomic E-state index is -5.75. The molecule has 22 nitrogen and oxygen atoms in total. The van der Waals surface area contributed by atoms with Crippen molar-refractivity contribution in [2.45, 2.75) is 262 Å². The number of phosphoric acid groups is 3. The Balaban J connectivity index is 2.87. The van der Waals surface area contributed by atoms with E-state index in [1.165, 1.54) is 122 Å². The summed E-state index contributed by atoms with van der Waals surface area (Å²) >= 11 is 0. The van der Waals surface area contributed by atoms with Gasteiger partial charge in [0, 0.05) is 12.8 Å². The molecule has 9 N–H and O–H groups in total. The average Bonchev–Trinajstić information content (AvgIpc) is 3.28. The fourth-order valence-corrected chi connectivity index (χ4v) is 10.9. The van der Waals surface area contributed by atoms with Crippen molar-refractivity contribution in [1.82, 2.24) is 0 Å². The average molecular weight is 1120 g/mol. The predicted molar refractivity (Wildman–Crippen MR) is 268 cm³/mol. The summed E-state index contributed by atoms with van der Waals surface area (Å²) in [6, 6.07) is 0. The highest BCUT2D eigenvalue weighted by Gasteiger charge is 2.58. The highest BCUT2D eigenvalue weighted by Crippen LogP contribution is 2.52. The fourth-order valence-electron chi connectivity index (χ4n) is 8.47. The third-order valence-electron chi connectivity index (χ3n) is 12.3. The van der Waals surface area contributed by atoms with Crippen LogP contribution in [0.25, 0.3) is 0 Å². The first kappa shape index (κ1) is 69.3. The number of aliphatic hydroxyl groups is 2. The van der Waals surface area contributed by atoms with E-state index >= 15 is 0 Å². The first-order valence-electron chi connectivity index (χ1n) is 26.5. The highest BCUT2D eigenvalue weighted by molar-refractivity contribution is 7.51. The van der Waals surface area contributed by atoms with Crippen LogP contribution in [0, 0.1) is 0 Å². The Morgan fingerprint density at radius 3 is 1.15 bits per heavy atom. The third kappa shape index (κ3) is 37.1. The van der Waals surface area contributed by atoms with Gasteiger partial charge in [0.25, 0.3) is 0 Å². The van der Waals surface area contributed by atoms with E-state index in [1.807, 2.05) is 0 Å². The van der Waals surface area contributed by atoms with Crippen molar-refractivity contribution in [3.8, 4) is 0 Å². The Kier molecular flexibility index (Phi) is 38.2. The van der Waals surface area contributed by atoms with Crippen LogP contribution in [0.1, 0.15) is 219 Å². The second kappa shape index (κ2) is 39.6. The molecular weight excluding hydrogens is 1030 g/mol. The van der Waals surface area contributed by atoms with Gasteiger partial charge in [-0.25, -0.2) is 13.7 Å². The minimum absolute atomic E-state index is 0.0373. The number of unbranched alkanes of at least 4 members (excludes halogenated alkanes) is 28. The molecule has 0 aromatic rings. The summed E-state index contributed by atoms with van der Waals surface area (Å²) in [6.45, 7) is 2.83. The Morgan fingerprint density at radius 2 is 0.778 bits per heavy atom. The first-order valence-corrected chi connectivity index (χ1v) is 32.8. The second-order valence-electron chi connectivity index (χ2n) is 19.1. The van der Waals surface area contributed by atoms with E-state index in [0.29, 0.717) is 12.8 Å². The smallest absolute Gasteiger partial charge is 0.462 e. The van der Waals surface area contributed by atoms with Crippen LogP contribution < -0.4 is 0 Å². The van der Waals surface area contributed by atoms with Crippen molar-refractivity contribution in [1.29, 1.82) is 0 Å². The summed E-state index contributed by atoms with van der Waals surface area (Å²) < 4.78 is 83.2. The van der Waals surface area contributed by atoms with Crippen LogP contribution in [0.2, 0.25) is 0 Å². The van der Waals surface area contributed by atoms with E-state index in [2.05, 4.69) is 22.9 Å². The van der Waals surface area contributed by atoms with Gasteiger partial charge in [0.1, 0.15) is 49.6 Å². The molecule has 1 aliphatic carbocycles. The van der Waals surface area contributed by atoms with Crippen LogP contribution in [0.3, 0.4) is 0 Å². The molecule has 72 heavy (non-hydrogen) atoms. The maximum atomic E-state index is 13.3. The van der Waals surface area contributed by atoms with Gasteiger partial charge in [-0.1, -0.05) is 194 Å². The van der Waals surface area contributed by atoms with Crippen molar-refractivity contribution >= 4 is 43.0 Å². The highest BCUT2D eigenvalue weighted by atomic mass is 31.2. The molecule has 1 fully saturated rings. The van der Waals surface area contributed by atoms with Gasteiger partial charge in [0.15, 0.2) is 6.10 Å². The fraction of sp³-hybridized carbons (Fsp3) is 0.957. The van der Waals surface area contributed by atoms with E-state index in [0.717, 1.165) is 57.8 Å². The van der Waals surface area contributed by atoms with E-state index < -0.39 is 105 Å². The van der Waals surface area contributed by atoms with Gasteiger partial charge < -0.3 is 58.7 Å². The van der Waals surface area contributed by atoms with Crippen LogP contribution in [0.15, 0.2) is 0 Å². The number of rotatable bonds is 47. The number of hydrogen-bond donors (Lipinski definition) is 9. The lowest BCUT2D eigenvalue weighted by Crippen LogP contribution is -2.65. The lowest BCUT2D eigenvalue weighted by atomic mass is 9.85. The molecule has 0 amide bonds. The van der Waals surface area contributed by atoms with Crippen molar-refractivity contribution < 1.29 is 105 Å². The van der Waals surface area contributed by atoms with Crippen molar-refractivity contribution in [3.05, 3.63) is 0 Å². The number of carbonyl (C=O) groups is 2. The number of ether oxygens (including phenoxy) is 3. The third-order valence-corrected chi connectivity index (χ3v) is 14.8.